The largest absolute Gasteiger partial charge is 0.320 e. The number of hydrogen-bond donors (Lipinski definition) is 1. The Hall–Kier alpha value is -1.83. The van der Waals surface area contributed by atoms with Gasteiger partial charge in [0, 0.05) is 16.2 Å². The molecule has 0 radical (unpaired) electrons. The van der Waals surface area contributed by atoms with Gasteiger partial charge in [-0.3, -0.25) is 0 Å². The minimum atomic E-state index is -0.826. The molecule has 0 saturated heterocycles. The summed E-state index contributed by atoms with van der Waals surface area (Å²) in [6.45, 7) is 0.327. The maximum absolute atomic E-state index is 13.1. The Bertz CT molecular complexity index is 659. The summed E-state index contributed by atoms with van der Waals surface area (Å²) in [5.74, 6) is 4.79. The lowest BCUT2D eigenvalue weighted by atomic mass is 10.1. The summed E-state index contributed by atoms with van der Waals surface area (Å²) in [6, 6.07) is 11.7. The maximum Gasteiger partial charge on any atom is 0.159 e. The van der Waals surface area contributed by atoms with E-state index in [9.17, 15) is 8.78 Å². The Labute approximate surface area is 121 Å². The highest BCUT2D eigenvalue weighted by molar-refractivity contribution is 7.98. The van der Waals surface area contributed by atoms with Gasteiger partial charge >= 0.3 is 0 Å². The lowest BCUT2D eigenvalue weighted by Crippen LogP contribution is -1.93. The van der Waals surface area contributed by atoms with E-state index in [-0.39, 0.29) is 0 Å². The molecule has 0 amide bonds. The quantitative estimate of drug-likeness (QED) is 0.690. The Morgan fingerprint density at radius 2 is 1.90 bits per heavy atom. The minimum Gasteiger partial charge on any atom is -0.320 e. The van der Waals surface area contributed by atoms with Crippen molar-refractivity contribution >= 4 is 11.8 Å². The van der Waals surface area contributed by atoms with Crippen molar-refractivity contribution in [3.63, 3.8) is 0 Å². The van der Waals surface area contributed by atoms with Crippen LogP contribution >= 0.6 is 11.8 Å². The Balaban J connectivity index is 2.05. The Morgan fingerprint density at radius 1 is 1.05 bits per heavy atom. The highest BCUT2D eigenvalue weighted by Crippen LogP contribution is 2.24. The SMILES string of the molecule is NCC#Cc1cccc(CSc2ccc(F)c(F)c2)c1. The fraction of sp³-hybridized carbons (Fsp3) is 0.125. The van der Waals surface area contributed by atoms with Gasteiger partial charge in [-0.1, -0.05) is 24.0 Å². The summed E-state index contributed by atoms with van der Waals surface area (Å²) in [7, 11) is 0. The van der Waals surface area contributed by atoms with Crippen molar-refractivity contribution in [1.29, 1.82) is 0 Å². The third kappa shape index (κ3) is 4.09. The molecule has 2 aromatic carbocycles. The number of halogens is 2. The molecule has 0 unspecified atom stereocenters. The molecule has 0 bridgehead atoms. The number of benzene rings is 2. The van der Waals surface area contributed by atoms with E-state index in [2.05, 4.69) is 11.8 Å². The highest BCUT2D eigenvalue weighted by atomic mass is 32.2. The second-order valence-electron chi connectivity index (χ2n) is 4.07. The molecule has 2 rings (SSSR count). The molecular formula is C16H13F2NS. The van der Waals surface area contributed by atoms with E-state index in [1.807, 2.05) is 24.3 Å². The predicted octanol–water partition coefficient (Wildman–Crippen LogP) is 3.57. The van der Waals surface area contributed by atoms with E-state index in [0.717, 1.165) is 17.2 Å². The van der Waals surface area contributed by atoms with Crippen molar-refractivity contribution in [3.05, 3.63) is 65.2 Å². The summed E-state index contributed by atoms with van der Waals surface area (Å²) >= 11 is 1.45. The average Bonchev–Trinajstić information content (AvgIpc) is 2.47. The van der Waals surface area contributed by atoms with Gasteiger partial charge in [0.05, 0.1) is 6.54 Å². The van der Waals surface area contributed by atoms with Gasteiger partial charge in [-0.2, -0.15) is 0 Å². The van der Waals surface area contributed by atoms with E-state index >= 15 is 0 Å². The fourth-order valence-corrected chi connectivity index (χ4v) is 2.49. The van der Waals surface area contributed by atoms with Gasteiger partial charge in [0.1, 0.15) is 0 Å². The standard InChI is InChI=1S/C16H13F2NS/c17-15-7-6-14(10-16(15)18)20-11-13-4-1-3-12(9-13)5-2-8-19/h1,3-4,6-7,9-10H,8,11,19H2. The minimum absolute atomic E-state index is 0.327. The third-order valence-electron chi connectivity index (χ3n) is 2.56. The molecule has 1 nitrogen and oxygen atoms in total. The van der Waals surface area contributed by atoms with Gasteiger partial charge in [-0.15, -0.1) is 11.8 Å². The summed E-state index contributed by atoms with van der Waals surface area (Å²) in [5, 5.41) is 0. The van der Waals surface area contributed by atoms with Crippen LogP contribution in [-0.4, -0.2) is 6.54 Å². The molecule has 4 heteroatoms. The second kappa shape index (κ2) is 7.09. The molecule has 2 aromatic rings. The maximum atomic E-state index is 13.1. The molecule has 0 aliphatic heterocycles. The van der Waals surface area contributed by atoms with Gasteiger partial charge in [0.25, 0.3) is 0 Å². The molecule has 0 aromatic heterocycles. The zero-order valence-corrected chi connectivity index (χ0v) is 11.5. The van der Waals surface area contributed by atoms with E-state index in [1.165, 1.54) is 17.8 Å². The molecule has 0 saturated carbocycles. The van der Waals surface area contributed by atoms with Crippen LogP contribution in [0.2, 0.25) is 0 Å². The van der Waals surface area contributed by atoms with Crippen LogP contribution in [0.15, 0.2) is 47.4 Å². The van der Waals surface area contributed by atoms with Crippen molar-refractivity contribution in [3.8, 4) is 11.8 Å². The first-order chi connectivity index (χ1) is 9.69. The van der Waals surface area contributed by atoms with Crippen LogP contribution in [0.3, 0.4) is 0 Å². The van der Waals surface area contributed by atoms with Gasteiger partial charge in [-0.25, -0.2) is 8.78 Å². The van der Waals surface area contributed by atoms with Crippen LogP contribution in [0.25, 0.3) is 0 Å². The Morgan fingerprint density at radius 3 is 2.65 bits per heavy atom. The Kier molecular flexibility index (Phi) is 5.16. The lowest BCUT2D eigenvalue weighted by Gasteiger charge is -2.03. The lowest BCUT2D eigenvalue weighted by molar-refractivity contribution is 0.506. The van der Waals surface area contributed by atoms with Crippen LogP contribution in [-0.2, 0) is 5.75 Å². The normalized spacial score (nSPS) is 9.95. The van der Waals surface area contributed by atoms with Crippen LogP contribution in [0.4, 0.5) is 8.78 Å². The first kappa shape index (κ1) is 14.6. The smallest absolute Gasteiger partial charge is 0.159 e. The first-order valence-corrected chi connectivity index (χ1v) is 7.03. The average molecular weight is 289 g/mol. The zero-order valence-electron chi connectivity index (χ0n) is 10.7. The predicted molar refractivity (Wildman–Crippen MR) is 78.3 cm³/mol. The topological polar surface area (TPSA) is 26.0 Å². The van der Waals surface area contributed by atoms with Crippen molar-refractivity contribution in [2.24, 2.45) is 5.73 Å². The van der Waals surface area contributed by atoms with E-state index in [4.69, 9.17) is 5.73 Å². The fourth-order valence-electron chi connectivity index (χ4n) is 1.63. The van der Waals surface area contributed by atoms with Gasteiger partial charge in [0.15, 0.2) is 11.6 Å². The molecule has 0 spiro atoms. The molecular weight excluding hydrogens is 276 g/mol. The van der Waals surface area contributed by atoms with Crippen LogP contribution in [0.1, 0.15) is 11.1 Å². The summed E-state index contributed by atoms with van der Waals surface area (Å²) < 4.78 is 25.9. The highest BCUT2D eigenvalue weighted by Gasteiger charge is 2.03. The summed E-state index contributed by atoms with van der Waals surface area (Å²) in [6.07, 6.45) is 0. The van der Waals surface area contributed by atoms with Crippen LogP contribution in [0.5, 0.6) is 0 Å². The number of thioether (sulfide) groups is 1. The molecule has 0 aliphatic carbocycles. The second-order valence-corrected chi connectivity index (χ2v) is 5.12. The molecule has 0 heterocycles. The molecule has 2 N–H and O–H groups in total. The monoisotopic (exact) mass is 289 g/mol. The third-order valence-corrected chi connectivity index (χ3v) is 3.62. The van der Waals surface area contributed by atoms with Crippen molar-refractivity contribution < 1.29 is 8.78 Å². The van der Waals surface area contributed by atoms with Crippen LogP contribution in [0, 0.1) is 23.5 Å². The van der Waals surface area contributed by atoms with Gasteiger partial charge in [-0.05, 0) is 35.9 Å². The molecule has 0 aliphatic rings. The van der Waals surface area contributed by atoms with E-state index < -0.39 is 11.6 Å². The van der Waals surface area contributed by atoms with Crippen molar-refractivity contribution in [1.82, 2.24) is 0 Å². The van der Waals surface area contributed by atoms with E-state index in [1.54, 1.807) is 6.07 Å². The van der Waals surface area contributed by atoms with Gasteiger partial charge < -0.3 is 5.73 Å². The van der Waals surface area contributed by atoms with Gasteiger partial charge in [0.2, 0.25) is 0 Å². The van der Waals surface area contributed by atoms with E-state index in [0.29, 0.717) is 17.2 Å². The van der Waals surface area contributed by atoms with Crippen LogP contribution < -0.4 is 5.73 Å². The van der Waals surface area contributed by atoms with Crippen molar-refractivity contribution in [2.45, 2.75) is 10.6 Å². The number of nitrogens with two attached hydrogens (primary N) is 1. The first-order valence-electron chi connectivity index (χ1n) is 6.05. The molecule has 102 valence electrons. The number of hydrogen-bond acceptors (Lipinski definition) is 2. The summed E-state index contributed by atoms with van der Waals surface area (Å²) in [4.78, 5) is 0.697. The molecule has 20 heavy (non-hydrogen) atoms. The summed E-state index contributed by atoms with van der Waals surface area (Å²) in [5.41, 5.74) is 7.31. The zero-order chi connectivity index (χ0) is 14.4. The molecule has 0 fully saturated rings. The molecule has 0 atom stereocenters. The van der Waals surface area contributed by atoms with Crippen molar-refractivity contribution in [2.75, 3.05) is 6.54 Å². The number of rotatable bonds is 3.